The Morgan fingerprint density at radius 2 is 2.16 bits per heavy atom. The molecular weight excluding hydrogens is 243 g/mol. The predicted molar refractivity (Wildman–Crippen MR) is 72.8 cm³/mol. The van der Waals surface area contributed by atoms with Gasteiger partial charge in [-0.2, -0.15) is 5.10 Å². The minimum Gasteiger partial charge on any atom is -0.271 e. The first kappa shape index (κ1) is 13.7. The van der Waals surface area contributed by atoms with E-state index < -0.39 is 0 Å². The molecule has 102 valence electrons. The van der Waals surface area contributed by atoms with Crippen molar-refractivity contribution in [1.29, 1.82) is 0 Å². The molecule has 1 unspecified atom stereocenters. The lowest BCUT2D eigenvalue weighted by molar-refractivity contribution is 0.480. The fraction of sp³-hybridized carbons (Fsp3) is 0.357. The summed E-state index contributed by atoms with van der Waals surface area (Å²) in [7, 11) is 0. The van der Waals surface area contributed by atoms with E-state index in [-0.39, 0.29) is 11.9 Å². The normalized spacial score (nSPS) is 12.6. The van der Waals surface area contributed by atoms with Gasteiger partial charge in [0.15, 0.2) is 0 Å². The number of hydrogen-bond acceptors (Lipinski definition) is 3. The van der Waals surface area contributed by atoms with Crippen molar-refractivity contribution in [3.05, 3.63) is 53.1 Å². The molecular formula is C14H19FN4. The summed E-state index contributed by atoms with van der Waals surface area (Å²) < 4.78 is 15.6. The first-order chi connectivity index (χ1) is 9.15. The Morgan fingerprint density at radius 3 is 2.79 bits per heavy atom. The van der Waals surface area contributed by atoms with Crippen LogP contribution in [0.1, 0.15) is 29.9 Å². The zero-order valence-electron chi connectivity index (χ0n) is 11.2. The number of hydrazine groups is 1. The van der Waals surface area contributed by atoms with E-state index in [2.05, 4.69) is 10.5 Å². The highest BCUT2D eigenvalue weighted by atomic mass is 19.1. The summed E-state index contributed by atoms with van der Waals surface area (Å²) in [6.45, 7) is 4.72. The molecule has 0 aliphatic heterocycles. The second-order valence-electron chi connectivity index (χ2n) is 4.54. The monoisotopic (exact) mass is 262 g/mol. The van der Waals surface area contributed by atoms with Crippen LogP contribution < -0.4 is 11.3 Å². The van der Waals surface area contributed by atoms with Gasteiger partial charge in [0.1, 0.15) is 5.82 Å². The molecule has 0 saturated heterocycles. The van der Waals surface area contributed by atoms with E-state index in [0.717, 1.165) is 17.9 Å². The number of benzene rings is 1. The van der Waals surface area contributed by atoms with Crippen molar-refractivity contribution in [2.75, 3.05) is 0 Å². The van der Waals surface area contributed by atoms with Crippen molar-refractivity contribution in [2.24, 2.45) is 5.84 Å². The zero-order valence-corrected chi connectivity index (χ0v) is 11.2. The van der Waals surface area contributed by atoms with Crippen LogP contribution in [-0.4, -0.2) is 9.78 Å². The van der Waals surface area contributed by atoms with Crippen molar-refractivity contribution >= 4 is 0 Å². The second-order valence-corrected chi connectivity index (χ2v) is 4.54. The van der Waals surface area contributed by atoms with E-state index in [1.54, 1.807) is 12.1 Å². The Hall–Kier alpha value is -1.72. The smallest absolute Gasteiger partial charge is 0.126 e. The fourth-order valence-corrected chi connectivity index (χ4v) is 2.23. The minimum atomic E-state index is -0.206. The molecule has 1 atom stereocenters. The highest BCUT2D eigenvalue weighted by molar-refractivity contribution is 5.22. The summed E-state index contributed by atoms with van der Waals surface area (Å²) in [5, 5.41) is 4.39. The number of rotatable bonds is 5. The molecule has 2 aromatic rings. The van der Waals surface area contributed by atoms with Crippen molar-refractivity contribution in [3.63, 3.8) is 0 Å². The van der Waals surface area contributed by atoms with Gasteiger partial charge in [-0.25, -0.2) is 4.39 Å². The Labute approximate surface area is 112 Å². The van der Waals surface area contributed by atoms with Crippen LogP contribution in [0.2, 0.25) is 0 Å². The average Bonchev–Trinajstić information content (AvgIpc) is 2.79. The SMILES string of the molecule is CCn1nc(C)cc1C(Cc1ccccc1F)NN. The van der Waals surface area contributed by atoms with Gasteiger partial charge in [0, 0.05) is 6.54 Å². The van der Waals surface area contributed by atoms with Gasteiger partial charge in [-0.05, 0) is 38.0 Å². The number of aromatic nitrogens is 2. The molecule has 2 rings (SSSR count). The quantitative estimate of drug-likeness (QED) is 0.641. The van der Waals surface area contributed by atoms with Gasteiger partial charge in [0.05, 0.1) is 17.4 Å². The molecule has 0 amide bonds. The van der Waals surface area contributed by atoms with Gasteiger partial charge >= 0.3 is 0 Å². The van der Waals surface area contributed by atoms with E-state index in [9.17, 15) is 4.39 Å². The summed E-state index contributed by atoms with van der Waals surface area (Å²) in [6, 6.07) is 8.58. The van der Waals surface area contributed by atoms with Crippen LogP contribution in [0, 0.1) is 12.7 Å². The first-order valence-electron chi connectivity index (χ1n) is 6.39. The van der Waals surface area contributed by atoms with Gasteiger partial charge in [0.25, 0.3) is 0 Å². The molecule has 1 aromatic carbocycles. The summed E-state index contributed by atoms with van der Waals surface area (Å²) in [6.07, 6.45) is 0.494. The maximum absolute atomic E-state index is 13.7. The molecule has 0 fully saturated rings. The molecule has 3 N–H and O–H groups in total. The van der Waals surface area contributed by atoms with Crippen LogP contribution in [0.3, 0.4) is 0 Å². The van der Waals surface area contributed by atoms with E-state index >= 15 is 0 Å². The molecule has 0 spiro atoms. The molecule has 0 saturated carbocycles. The molecule has 1 heterocycles. The lowest BCUT2D eigenvalue weighted by Crippen LogP contribution is -2.31. The number of nitrogens with two attached hydrogens (primary N) is 1. The Bertz CT molecular complexity index is 550. The molecule has 5 heteroatoms. The summed E-state index contributed by atoms with van der Waals surface area (Å²) in [4.78, 5) is 0. The highest BCUT2D eigenvalue weighted by Gasteiger charge is 2.17. The lowest BCUT2D eigenvalue weighted by Gasteiger charge is -2.17. The van der Waals surface area contributed by atoms with Crippen LogP contribution in [-0.2, 0) is 13.0 Å². The average molecular weight is 262 g/mol. The van der Waals surface area contributed by atoms with Crippen LogP contribution >= 0.6 is 0 Å². The van der Waals surface area contributed by atoms with Crippen LogP contribution in [0.25, 0.3) is 0 Å². The summed E-state index contributed by atoms with van der Waals surface area (Å²) >= 11 is 0. The molecule has 4 nitrogen and oxygen atoms in total. The first-order valence-corrected chi connectivity index (χ1v) is 6.39. The van der Waals surface area contributed by atoms with Crippen molar-refractivity contribution in [3.8, 4) is 0 Å². The lowest BCUT2D eigenvalue weighted by atomic mass is 10.0. The van der Waals surface area contributed by atoms with E-state index in [0.29, 0.717) is 12.0 Å². The molecule has 0 bridgehead atoms. The molecule has 0 aliphatic carbocycles. The van der Waals surface area contributed by atoms with E-state index in [4.69, 9.17) is 5.84 Å². The van der Waals surface area contributed by atoms with Crippen LogP contribution in [0.15, 0.2) is 30.3 Å². The Kier molecular flexibility index (Phi) is 4.29. The fourth-order valence-electron chi connectivity index (χ4n) is 2.23. The topological polar surface area (TPSA) is 55.9 Å². The van der Waals surface area contributed by atoms with Gasteiger partial charge in [-0.3, -0.25) is 16.0 Å². The number of halogens is 1. The maximum atomic E-state index is 13.7. The van der Waals surface area contributed by atoms with Crippen LogP contribution in [0.5, 0.6) is 0 Å². The molecule has 19 heavy (non-hydrogen) atoms. The van der Waals surface area contributed by atoms with Gasteiger partial charge in [0.2, 0.25) is 0 Å². The maximum Gasteiger partial charge on any atom is 0.126 e. The number of hydrogen-bond donors (Lipinski definition) is 2. The zero-order chi connectivity index (χ0) is 13.8. The third-order valence-electron chi connectivity index (χ3n) is 3.17. The third kappa shape index (κ3) is 3.00. The van der Waals surface area contributed by atoms with Crippen molar-refractivity contribution in [1.82, 2.24) is 15.2 Å². The van der Waals surface area contributed by atoms with Crippen LogP contribution in [0.4, 0.5) is 4.39 Å². The largest absolute Gasteiger partial charge is 0.271 e. The van der Waals surface area contributed by atoms with Gasteiger partial charge < -0.3 is 0 Å². The Morgan fingerprint density at radius 1 is 1.42 bits per heavy atom. The number of aryl methyl sites for hydroxylation is 2. The molecule has 0 aliphatic rings. The third-order valence-corrected chi connectivity index (χ3v) is 3.17. The predicted octanol–water partition coefficient (Wildman–Crippen LogP) is 2.10. The molecule has 1 aromatic heterocycles. The standard InChI is InChI=1S/C14H19FN4/c1-3-19-14(8-10(2)18-19)13(17-16)9-11-6-4-5-7-12(11)15/h4-8,13,17H,3,9,16H2,1-2H3. The highest BCUT2D eigenvalue weighted by Crippen LogP contribution is 2.20. The second kappa shape index (κ2) is 5.95. The number of nitrogens with one attached hydrogen (secondary N) is 1. The van der Waals surface area contributed by atoms with Crippen molar-refractivity contribution < 1.29 is 4.39 Å². The van der Waals surface area contributed by atoms with Gasteiger partial charge in [-0.1, -0.05) is 18.2 Å². The summed E-state index contributed by atoms with van der Waals surface area (Å²) in [5.41, 5.74) is 5.31. The molecule has 0 radical (unpaired) electrons. The summed E-state index contributed by atoms with van der Waals surface area (Å²) in [5.74, 6) is 5.42. The Balaban J connectivity index is 2.27. The van der Waals surface area contributed by atoms with Crippen molar-refractivity contribution in [2.45, 2.75) is 32.9 Å². The minimum absolute atomic E-state index is 0.155. The van der Waals surface area contributed by atoms with Gasteiger partial charge in [-0.15, -0.1) is 0 Å². The number of nitrogens with zero attached hydrogens (tertiary/aromatic N) is 2. The van der Waals surface area contributed by atoms with E-state index in [1.165, 1.54) is 6.07 Å². The van der Waals surface area contributed by atoms with E-state index in [1.807, 2.05) is 30.7 Å².